The third-order valence-corrected chi connectivity index (χ3v) is 6.10. The number of nitrogens with one attached hydrogen (secondary N) is 1. The summed E-state index contributed by atoms with van der Waals surface area (Å²) in [5, 5.41) is 0. The van der Waals surface area contributed by atoms with Gasteiger partial charge in [-0.1, -0.05) is 13.0 Å². The summed E-state index contributed by atoms with van der Waals surface area (Å²) >= 11 is 0. The third-order valence-electron chi connectivity index (χ3n) is 4.68. The van der Waals surface area contributed by atoms with Gasteiger partial charge in [0.2, 0.25) is 15.9 Å². The molecule has 2 aliphatic rings. The highest BCUT2D eigenvalue weighted by Crippen LogP contribution is 2.23. The normalized spacial score (nSPS) is 20.9. The minimum absolute atomic E-state index is 0.0222. The van der Waals surface area contributed by atoms with Gasteiger partial charge in [0.1, 0.15) is 0 Å². The van der Waals surface area contributed by atoms with Crippen LogP contribution >= 0.6 is 0 Å². The molecule has 0 aromatic heterocycles. The maximum Gasteiger partial charge on any atom is 0.240 e. The van der Waals surface area contributed by atoms with Crippen LogP contribution in [0.1, 0.15) is 37.3 Å². The number of sulfonamides is 1. The SMILES string of the molecule is CCC(=O)N1CCc2cc(S(=O)(=O)NC[C@H]3CCCO3)ccc2C1. The largest absolute Gasteiger partial charge is 0.377 e. The molecule has 2 heterocycles. The molecule has 1 saturated heterocycles. The van der Waals surface area contributed by atoms with Gasteiger partial charge in [0.05, 0.1) is 11.0 Å². The molecule has 0 radical (unpaired) electrons. The Morgan fingerprint density at radius 3 is 2.92 bits per heavy atom. The van der Waals surface area contributed by atoms with Crippen molar-refractivity contribution in [1.29, 1.82) is 0 Å². The average Bonchev–Trinajstić information content (AvgIpc) is 3.12. The van der Waals surface area contributed by atoms with Gasteiger partial charge in [-0.05, 0) is 42.5 Å². The van der Waals surface area contributed by atoms with Gasteiger partial charge in [0.15, 0.2) is 0 Å². The maximum atomic E-state index is 12.5. The highest BCUT2D eigenvalue weighted by molar-refractivity contribution is 7.89. The fraction of sp³-hybridized carbons (Fsp3) is 0.588. The minimum Gasteiger partial charge on any atom is -0.377 e. The smallest absolute Gasteiger partial charge is 0.240 e. The Hall–Kier alpha value is -1.44. The molecule has 24 heavy (non-hydrogen) atoms. The van der Waals surface area contributed by atoms with Gasteiger partial charge in [-0.2, -0.15) is 0 Å². The number of fused-ring (bicyclic) bond motifs is 1. The lowest BCUT2D eigenvalue weighted by Crippen LogP contribution is -2.36. The van der Waals surface area contributed by atoms with E-state index in [2.05, 4.69) is 4.72 Å². The molecular formula is C17H24N2O4S. The summed E-state index contributed by atoms with van der Waals surface area (Å²) in [4.78, 5) is 13.9. The Morgan fingerprint density at radius 2 is 2.21 bits per heavy atom. The standard InChI is InChI=1S/C17H24N2O4S/c1-2-17(20)19-8-7-13-10-16(6-5-14(13)12-19)24(21,22)18-11-15-4-3-9-23-15/h5-6,10,15,18H,2-4,7-9,11-12H2,1H3/t15-/m1/s1. The monoisotopic (exact) mass is 352 g/mol. The molecule has 0 unspecified atom stereocenters. The number of hydrogen-bond acceptors (Lipinski definition) is 4. The first-order chi connectivity index (χ1) is 11.5. The van der Waals surface area contributed by atoms with Crippen molar-refractivity contribution in [1.82, 2.24) is 9.62 Å². The number of carbonyl (C=O) groups excluding carboxylic acids is 1. The topological polar surface area (TPSA) is 75.7 Å². The molecule has 3 rings (SSSR count). The summed E-state index contributed by atoms with van der Waals surface area (Å²) in [6.45, 7) is 4.09. The van der Waals surface area contributed by atoms with E-state index < -0.39 is 10.0 Å². The molecule has 7 heteroatoms. The summed E-state index contributed by atoms with van der Waals surface area (Å²) in [7, 11) is -3.53. The van der Waals surface area contributed by atoms with Crippen LogP contribution in [0.5, 0.6) is 0 Å². The van der Waals surface area contributed by atoms with E-state index in [1.54, 1.807) is 12.1 Å². The molecule has 0 saturated carbocycles. The first kappa shape index (κ1) is 17.4. The molecule has 0 spiro atoms. The van der Waals surface area contributed by atoms with E-state index in [0.29, 0.717) is 39.1 Å². The van der Waals surface area contributed by atoms with Crippen LogP contribution in [0.2, 0.25) is 0 Å². The second-order valence-corrected chi connectivity index (χ2v) is 8.10. The van der Waals surface area contributed by atoms with Gasteiger partial charge in [-0.15, -0.1) is 0 Å². The first-order valence-corrected chi connectivity index (χ1v) is 9.99. The van der Waals surface area contributed by atoms with Crippen LogP contribution in [0.4, 0.5) is 0 Å². The van der Waals surface area contributed by atoms with E-state index in [1.165, 1.54) is 0 Å². The predicted molar refractivity (Wildman–Crippen MR) is 90.0 cm³/mol. The molecule has 1 aromatic rings. The second-order valence-electron chi connectivity index (χ2n) is 6.34. The number of hydrogen-bond donors (Lipinski definition) is 1. The Kier molecular flexibility index (Phi) is 5.22. The number of benzene rings is 1. The van der Waals surface area contributed by atoms with Gasteiger partial charge < -0.3 is 9.64 Å². The maximum absolute atomic E-state index is 12.5. The third kappa shape index (κ3) is 3.79. The Balaban J connectivity index is 1.70. The molecular weight excluding hydrogens is 328 g/mol. The van der Waals surface area contributed by atoms with E-state index in [1.807, 2.05) is 17.9 Å². The summed E-state index contributed by atoms with van der Waals surface area (Å²) in [5.41, 5.74) is 2.04. The molecule has 2 aliphatic heterocycles. The molecule has 1 amide bonds. The van der Waals surface area contributed by atoms with Crippen LogP contribution < -0.4 is 4.72 Å². The quantitative estimate of drug-likeness (QED) is 0.870. The van der Waals surface area contributed by atoms with Crippen molar-refractivity contribution < 1.29 is 17.9 Å². The number of ether oxygens (including phenoxy) is 1. The Morgan fingerprint density at radius 1 is 1.38 bits per heavy atom. The number of nitrogens with zero attached hydrogens (tertiary/aromatic N) is 1. The van der Waals surface area contributed by atoms with Crippen molar-refractivity contribution in [2.24, 2.45) is 0 Å². The summed E-state index contributed by atoms with van der Waals surface area (Å²) < 4.78 is 33.0. The zero-order valence-electron chi connectivity index (χ0n) is 14.0. The van der Waals surface area contributed by atoms with E-state index in [9.17, 15) is 13.2 Å². The van der Waals surface area contributed by atoms with Crippen LogP contribution in [-0.4, -0.2) is 45.0 Å². The van der Waals surface area contributed by atoms with Gasteiger partial charge in [-0.3, -0.25) is 4.79 Å². The molecule has 1 atom stereocenters. The second kappa shape index (κ2) is 7.21. The van der Waals surface area contributed by atoms with Crippen LogP contribution in [0.15, 0.2) is 23.1 Å². The van der Waals surface area contributed by atoms with E-state index in [4.69, 9.17) is 4.74 Å². The van der Waals surface area contributed by atoms with Crippen LogP contribution in [0.25, 0.3) is 0 Å². The van der Waals surface area contributed by atoms with Gasteiger partial charge in [-0.25, -0.2) is 13.1 Å². The van der Waals surface area contributed by atoms with Crippen LogP contribution in [0, 0.1) is 0 Å². The van der Waals surface area contributed by atoms with E-state index >= 15 is 0 Å². The van der Waals surface area contributed by atoms with Gasteiger partial charge >= 0.3 is 0 Å². The lowest BCUT2D eigenvalue weighted by Gasteiger charge is -2.29. The summed E-state index contributed by atoms with van der Waals surface area (Å²) in [5.74, 6) is 0.135. The van der Waals surface area contributed by atoms with Crippen LogP contribution in [-0.2, 0) is 32.5 Å². The zero-order chi connectivity index (χ0) is 17.2. The van der Waals surface area contributed by atoms with Crippen molar-refractivity contribution in [3.8, 4) is 0 Å². The fourth-order valence-electron chi connectivity index (χ4n) is 3.22. The van der Waals surface area contributed by atoms with Crippen molar-refractivity contribution >= 4 is 15.9 Å². The number of carbonyl (C=O) groups is 1. The molecule has 6 nitrogen and oxygen atoms in total. The van der Waals surface area contributed by atoms with E-state index in [0.717, 1.165) is 24.0 Å². The van der Waals surface area contributed by atoms with Crippen LogP contribution in [0.3, 0.4) is 0 Å². The molecule has 1 fully saturated rings. The van der Waals surface area contributed by atoms with Gasteiger partial charge in [0, 0.05) is 32.7 Å². The van der Waals surface area contributed by atoms with Crippen molar-refractivity contribution in [3.63, 3.8) is 0 Å². The van der Waals surface area contributed by atoms with Crippen molar-refractivity contribution in [2.75, 3.05) is 19.7 Å². The highest BCUT2D eigenvalue weighted by Gasteiger charge is 2.23. The molecule has 132 valence electrons. The number of rotatable bonds is 5. The zero-order valence-corrected chi connectivity index (χ0v) is 14.8. The number of amides is 1. The minimum atomic E-state index is -3.53. The van der Waals surface area contributed by atoms with Gasteiger partial charge in [0.25, 0.3) is 0 Å². The molecule has 1 N–H and O–H groups in total. The Bertz CT molecular complexity index is 711. The lowest BCUT2D eigenvalue weighted by molar-refractivity contribution is -0.131. The van der Waals surface area contributed by atoms with Crippen molar-refractivity contribution in [2.45, 2.75) is 50.2 Å². The highest BCUT2D eigenvalue weighted by atomic mass is 32.2. The average molecular weight is 352 g/mol. The summed E-state index contributed by atoms with van der Waals surface area (Å²) in [6.07, 6.45) is 3.04. The van der Waals surface area contributed by atoms with E-state index in [-0.39, 0.29) is 16.9 Å². The Labute approximate surface area is 143 Å². The summed E-state index contributed by atoms with van der Waals surface area (Å²) in [6, 6.07) is 5.18. The molecule has 0 aliphatic carbocycles. The first-order valence-electron chi connectivity index (χ1n) is 8.50. The fourth-order valence-corrected chi connectivity index (χ4v) is 4.34. The molecule has 1 aromatic carbocycles. The molecule has 0 bridgehead atoms. The van der Waals surface area contributed by atoms with Crippen molar-refractivity contribution in [3.05, 3.63) is 29.3 Å². The lowest BCUT2D eigenvalue weighted by atomic mass is 10.00. The predicted octanol–water partition coefficient (Wildman–Crippen LogP) is 1.44.